The highest BCUT2D eigenvalue weighted by Crippen LogP contribution is 2.24. The van der Waals surface area contributed by atoms with Crippen LogP contribution >= 0.6 is 0 Å². The standard InChI is InChI=1S/C20H23FN6/c21-16-10-14(12-23-5-8-27-6-1-2-7-27)9-15(11-16)17-3-4-18-19(26-17)20(22)25-13-24-18/h3-4,9-11,13,23H,1-2,5-8,12H2,(H2,22,24,25). The van der Waals surface area contributed by atoms with Crippen LogP contribution in [-0.2, 0) is 6.54 Å². The summed E-state index contributed by atoms with van der Waals surface area (Å²) in [5, 5.41) is 3.40. The molecule has 27 heavy (non-hydrogen) atoms. The summed E-state index contributed by atoms with van der Waals surface area (Å²) in [7, 11) is 0. The highest BCUT2D eigenvalue weighted by Gasteiger charge is 2.11. The van der Waals surface area contributed by atoms with Gasteiger partial charge in [0.1, 0.15) is 17.7 Å². The molecule has 1 saturated heterocycles. The van der Waals surface area contributed by atoms with Crippen molar-refractivity contribution in [3.05, 3.63) is 48.0 Å². The van der Waals surface area contributed by atoms with Crippen LogP contribution in [0.5, 0.6) is 0 Å². The van der Waals surface area contributed by atoms with Crippen molar-refractivity contribution in [1.82, 2.24) is 25.2 Å². The van der Waals surface area contributed by atoms with Crippen LogP contribution in [-0.4, -0.2) is 46.0 Å². The van der Waals surface area contributed by atoms with Crippen LogP contribution in [0.25, 0.3) is 22.3 Å². The molecule has 0 aliphatic carbocycles. The monoisotopic (exact) mass is 366 g/mol. The summed E-state index contributed by atoms with van der Waals surface area (Å²) in [5.41, 5.74) is 9.37. The van der Waals surface area contributed by atoms with Crippen LogP contribution in [0.2, 0.25) is 0 Å². The summed E-state index contributed by atoms with van der Waals surface area (Å²) in [6, 6.07) is 8.66. The van der Waals surface area contributed by atoms with E-state index in [9.17, 15) is 4.39 Å². The van der Waals surface area contributed by atoms with Gasteiger partial charge in [-0.3, -0.25) is 0 Å². The van der Waals surface area contributed by atoms with Crippen LogP contribution in [0.1, 0.15) is 18.4 Å². The molecular weight excluding hydrogens is 343 g/mol. The molecule has 0 radical (unpaired) electrons. The predicted molar refractivity (Wildman–Crippen MR) is 105 cm³/mol. The third-order valence-corrected chi connectivity index (χ3v) is 4.90. The molecule has 1 aliphatic heterocycles. The molecule has 4 rings (SSSR count). The highest BCUT2D eigenvalue weighted by molar-refractivity contribution is 5.85. The largest absolute Gasteiger partial charge is 0.382 e. The van der Waals surface area contributed by atoms with E-state index in [-0.39, 0.29) is 5.82 Å². The fourth-order valence-electron chi connectivity index (χ4n) is 3.50. The molecule has 7 heteroatoms. The number of benzene rings is 1. The Balaban J connectivity index is 1.49. The molecule has 2 aromatic heterocycles. The first-order chi connectivity index (χ1) is 13.2. The molecule has 0 unspecified atom stereocenters. The molecule has 0 spiro atoms. The molecule has 6 nitrogen and oxygen atoms in total. The number of aromatic nitrogens is 3. The number of pyridine rings is 1. The Bertz CT molecular complexity index is 939. The number of nitrogens with two attached hydrogens (primary N) is 1. The van der Waals surface area contributed by atoms with Crippen molar-refractivity contribution in [2.24, 2.45) is 0 Å². The van der Waals surface area contributed by atoms with Crippen molar-refractivity contribution in [3.63, 3.8) is 0 Å². The van der Waals surface area contributed by atoms with Crippen LogP contribution in [0.3, 0.4) is 0 Å². The quantitative estimate of drug-likeness (QED) is 0.653. The third kappa shape index (κ3) is 4.20. The molecule has 0 saturated carbocycles. The smallest absolute Gasteiger partial charge is 0.153 e. The Morgan fingerprint density at radius 1 is 1.11 bits per heavy atom. The van der Waals surface area contributed by atoms with Crippen LogP contribution < -0.4 is 11.1 Å². The molecule has 1 fully saturated rings. The first-order valence-electron chi connectivity index (χ1n) is 9.29. The molecule has 1 aromatic carbocycles. The van der Waals surface area contributed by atoms with Gasteiger partial charge >= 0.3 is 0 Å². The summed E-state index contributed by atoms with van der Waals surface area (Å²) >= 11 is 0. The van der Waals surface area contributed by atoms with Gasteiger partial charge in [-0.25, -0.2) is 19.3 Å². The minimum atomic E-state index is -0.275. The molecular formula is C20H23FN6. The van der Waals surface area contributed by atoms with Gasteiger partial charge in [0, 0.05) is 25.2 Å². The zero-order valence-electron chi connectivity index (χ0n) is 15.2. The first kappa shape index (κ1) is 17.8. The number of hydrogen-bond donors (Lipinski definition) is 2. The third-order valence-electron chi connectivity index (χ3n) is 4.90. The van der Waals surface area contributed by atoms with E-state index in [1.54, 1.807) is 6.07 Å². The second-order valence-corrected chi connectivity index (χ2v) is 6.90. The van der Waals surface area contributed by atoms with Crippen molar-refractivity contribution >= 4 is 16.9 Å². The number of nitrogen functional groups attached to an aromatic ring is 1. The van der Waals surface area contributed by atoms with Crippen molar-refractivity contribution in [2.75, 3.05) is 31.9 Å². The average Bonchev–Trinajstić information content (AvgIpc) is 3.18. The van der Waals surface area contributed by atoms with E-state index < -0.39 is 0 Å². The number of halogens is 1. The number of nitrogens with zero attached hydrogens (tertiary/aromatic N) is 4. The number of fused-ring (bicyclic) bond motifs is 1. The van der Waals surface area contributed by atoms with Crippen molar-refractivity contribution in [2.45, 2.75) is 19.4 Å². The Kier molecular flexibility index (Phi) is 5.22. The van der Waals surface area contributed by atoms with Crippen molar-refractivity contribution in [3.8, 4) is 11.3 Å². The van der Waals surface area contributed by atoms with Gasteiger partial charge in [0.05, 0.1) is 11.2 Å². The Hall–Kier alpha value is -2.64. The van der Waals surface area contributed by atoms with Gasteiger partial charge in [-0.1, -0.05) is 0 Å². The van der Waals surface area contributed by atoms with E-state index in [0.29, 0.717) is 29.1 Å². The highest BCUT2D eigenvalue weighted by atomic mass is 19.1. The summed E-state index contributed by atoms with van der Waals surface area (Å²) in [4.78, 5) is 15.1. The van der Waals surface area contributed by atoms with Crippen LogP contribution in [0.15, 0.2) is 36.7 Å². The van der Waals surface area contributed by atoms with Crippen LogP contribution in [0, 0.1) is 5.82 Å². The number of likely N-dealkylation sites (tertiary alicyclic amines) is 1. The lowest BCUT2D eigenvalue weighted by molar-refractivity contribution is 0.335. The minimum absolute atomic E-state index is 0.275. The number of anilines is 1. The maximum atomic E-state index is 14.1. The second-order valence-electron chi connectivity index (χ2n) is 6.90. The van der Waals surface area contributed by atoms with Gasteiger partial charge < -0.3 is 16.0 Å². The van der Waals surface area contributed by atoms with Crippen LogP contribution in [0.4, 0.5) is 10.2 Å². The SMILES string of the molecule is Nc1ncnc2ccc(-c3cc(F)cc(CNCCN4CCCC4)c3)nc12. The predicted octanol–water partition coefficient (Wildman–Crippen LogP) is 2.60. The summed E-state index contributed by atoms with van der Waals surface area (Å²) in [6.45, 7) is 4.93. The zero-order valence-corrected chi connectivity index (χ0v) is 15.2. The van der Waals surface area contributed by atoms with E-state index in [1.165, 1.54) is 38.3 Å². The Labute approximate surface area is 157 Å². The molecule has 3 heterocycles. The molecule has 3 aromatic rings. The molecule has 3 N–H and O–H groups in total. The Morgan fingerprint density at radius 3 is 2.81 bits per heavy atom. The zero-order chi connectivity index (χ0) is 18.6. The molecule has 1 aliphatic rings. The summed E-state index contributed by atoms with van der Waals surface area (Å²) in [6.07, 6.45) is 4.00. The van der Waals surface area contributed by atoms with E-state index in [0.717, 1.165) is 24.2 Å². The number of hydrogen-bond acceptors (Lipinski definition) is 6. The van der Waals surface area contributed by atoms with Crippen molar-refractivity contribution < 1.29 is 4.39 Å². The van der Waals surface area contributed by atoms with Gasteiger partial charge in [-0.2, -0.15) is 0 Å². The van der Waals surface area contributed by atoms with Gasteiger partial charge in [0.15, 0.2) is 5.82 Å². The lowest BCUT2D eigenvalue weighted by atomic mass is 10.1. The van der Waals surface area contributed by atoms with Gasteiger partial charge in [0.25, 0.3) is 0 Å². The normalized spacial score (nSPS) is 14.9. The van der Waals surface area contributed by atoms with E-state index in [4.69, 9.17) is 5.73 Å². The number of nitrogens with one attached hydrogen (secondary N) is 1. The molecule has 0 bridgehead atoms. The van der Waals surface area contributed by atoms with Gasteiger partial charge in [-0.05, 0) is 61.8 Å². The second kappa shape index (κ2) is 7.94. The first-order valence-corrected chi connectivity index (χ1v) is 9.29. The summed E-state index contributed by atoms with van der Waals surface area (Å²) in [5.74, 6) is 0.0464. The lowest BCUT2D eigenvalue weighted by Gasteiger charge is -2.15. The van der Waals surface area contributed by atoms with E-state index in [1.807, 2.05) is 18.2 Å². The maximum absolute atomic E-state index is 14.1. The Morgan fingerprint density at radius 2 is 1.96 bits per heavy atom. The maximum Gasteiger partial charge on any atom is 0.153 e. The summed E-state index contributed by atoms with van der Waals surface area (Å²) < 4.78 is 14.1. The fourth-order valence-corrected chi connectivity index (χ4v) is 3.50. The number of rotatable bonds is 6. The van der Waals surface area contributed by atoms with E-state index in [2.05, 4.69) is 25.2 Å². The molecule has 0 amide bonds. The van der Waals surface area contributed by atoms with Crippen molar-refractivity contribution in [1.29, 1.82) is 0 Å². The lowest BCUT2D eigenvalue weighted by Crippen LogP contribution is -2.29. The minimum Gasteiger partial charge on any atom is -0.382 e. The fraction of sp³-hybridized carbons (Fsp3) is 0.350. The van der Waals surface area contributed by atoms with Gasteiger partial charge in [0.2, 0.25) is 0 Å². The van der Waals surface area contributed by atoms with Gasteiger partial charge in [-0.15, -0.1) is 0 Å². The molecule has 0 atom stereocenters. The topological polar surface area (TPSA) is 80.0 Å². The van der Waals surface area contributed by atoms with E-state index >= 15 is 0 Å². The average molecular weight is 366 g/mol. The molecule has 140 valence electrons.